The van der Waals surface area contributed by atoms with E-state index >= 15 is 0 Å². The number of rotatable bonds is 3. The molecule has 0 saturated carbocycles. The summed E-state index contributed by atoms with van der Waals surface area (Å²) in [5.41, 5.74) is 2.01. The zero-order valence-electron chi connectivity index (χ0n) is 8.87. The molecule has 1 heterocycles. The minimum atomic E-state index is -0.264. The van der Waals surface area contributed by atoms with Crippen LogP contribution in [-0.2, 0) is 16.0 Å². The summed E-state index contributed by atoms with van der Waals surface area (Å²) in [6, 6.07) is 5.33. The number of nitrogens with one attached hydrogen (secondary N) is 2. The summed E-state index contributed by atoms with van der Waals surface area (Å²) in [6.45, 7) is 2.15. The summed E-state index contributed by atoms with van der Waals surface area (Å²) in [7, 11) is 0. The molecule has 1 aromatic heterocycles. The van der Waals surface area contributed by atoms with Gasteiger partial charge < -0.3 is 14.7 Å². The van der Waals surface area contributed by atoms with Crippen LogP contribution in [0, 0.1) is 0 Å². The minimum absolute atomic E-state index is 0.219. The maximum Gasteiger partial charge on any atom is 0.323 e. The highest BCUT2D eigenvalue weighted by molar-refractivity contribution is 5.78. The van der Waals surface area contributed by atoms with Crippen LogP contribution in [0.15, 0.2) is 23.0 Å². The van der Waals surface area contributed by atoms with E-state index in [0.29, 0.717) is 12.1 Å². The van der Waals surface area contributed by atoms with Gasteiger partial charge in [0.1, 0.15) is 0 Å². The van der Waals surface area contributed by atoms with E-state index in [-0.39, 0.29) is 18.1 Å². The largest absolute Gasteiger partial charge is 0.466 e. The summed E-state index contributed by atoms with van der Waals surface area (Å²) < 4.78 is 4.84. The molecule has 0 aliphatic heterocycles. The van der Waals surface area contributed by atoms with Crippen molar-refractivity contribution in [3.05, 3.63) is 34.2 Å². The van der Waals surface area contributed by atoms with Crippen LogP contribution in [0.2, 0.25) is 0 Å². The van der Waals surface area contributed by atoms with Crippen LogP contribution in [-0.4, -0.2) is 22.5 Å². The lowest BCUT2D eigenvalue weighted by molar-refractivity contribution is -0.142. The van der Waals surface area contributed by atoms with Crippen LogP contribution < -0.4 is 5.69 Å². The predicted molar refractivity (Wildman–Crippen MR) is 59.3 cm³/mol. The number of carbonyl (C=O) groups excluding carboxylic acids is 1. The lowest BCUT2D eigenvalue weighted by Gasteiger charge is -2.01. The van der Waals surface area contributed by atoms with Crippen molar-refractivity contribution in [1.82, 2.24) is 9.97 Å². The highest BCUT2D eigenvalue weighted by atomic mass is 16.5. The van der Waals surface area contributed by atoms with Gasteiger partial charge in [0.15, 0.2) is 0 Å². The summed E-state index contributed by atoms with van der Waals surface area (Å²) in [4.78, 5) is 27.6. The van der Waals surface area contributed by atoms with Crippen LogP contribution in [0.25, 0.3) is 11.0 Å². The monoisotopic (exact) mass is 220 g/mol. The second-order valence-electron chi connectivity index (χ2n) is 3.44. The van der Waals surface area contributed by atoms with Crippen molar-refractivity contribution in [3.8, 4) is 0 Å². The molecule has 0 aliphatic carbocycles. The van der Waals surface area contributed by atoms with Crippen LogP contribution in [0.4, 0.5) is 0 Å². The van der Waals surface area contributed by atoms with E-state index < -0.39 is 0 Å². The second kappa shape index (κ2) is 4.22. The van der Waals surface area contributed by atoms with E-state index in [1.165, 1.54) is 0 Å². The van der Waals surface area contributed by atoms with Crippen molar-refractivity contribution >= 4 is 17.0 Å². The van der Waals surface area contributed by atoms with Crippen LogP contribution in [0.1, 0.15) is 12.5 Å². The fraction of sp³-hybridized carbons (Fsp3) is 0.273. The van der Waals surface area contributed by atoms with Crippen molar-refractivity contribution in [2.24, 2.45) is 0 Å². The molecule has 0 fully saturated rings. The molecule has 0 unspecified atom stereocenters. The first-order valence-corrected chi connectivity index (χ1v) is 5.05. The molecule has 0 saturated heterocycles. The lowest BCUT2D eigenvalue weighted by Crippen LogP contribution is -2.07. The number of aromatic nitrogens is 2. The molecule has 0 amide bonds. The smallest absolute Gasteiger partial charge is 0.323 e. The number of esters is 1. The van der Waals surface area contributed by atoms with Gasteiger partial charge in [-0.25, -0.2) is 4.79 Å². The SMILES string of the molecule is CCOC(=O)Cc1ccc2[nH]c(=O)[nH]c2c1. The van der Waals surface area contributed by atoms with Crippen molar-refractivity contribution in [2.75, 3.05) is 6.61 Å². The normalized spacial score (nSPS) is 10.6. The molecule has 2 N–H and O–H groups in total. The summed E-state index contributed by atoms with van der Waals surface area (Å²) in [5, 5.41) is 0. The number of aromatic amines is 2. The molecule has 0 radical (unpaired) electrons. The van der Waals surface area contributed by atoms with E-state index in [1.807, 2.05) is 0 Å². The van der Waals surface area contributed by atoms with Gasteiger partial charge >= 0.3 is 11.7 Å². The predicted octanol–water partition coefficient (Wildman–Crippen LogP) is 0.962. The molecule has 2 rings (SSSR count). The first kappa shape index (κ1) is 10.5. The Labute approximate surface area is 91.4 Å². The van der Waals surface area contributed by atoms with Crippen LogP contribution >= 0.6 is 0 Å². The number of ether oxygens (including phenoxy) is 1. The van der Waals surface area contributed by atoms with Gasteiger partial charge in [-0.3, -0.25) is 4.79 Å². The van der Waals surface area contributed by atoms with Gasteiger partial charge in [-0.1, -0.05) is 6.07 Å². The Morgan fingerprint density at radius 1 is 1.31 bits per heavy atom. The van der Waals surface area contributed by atoms with E-state index in [2.05, 4.69) is 9.97 Å². The Hall–Kier alpha value is -2.04. The van der Waals surface area contributed by atoms with Crippen LogP contribution in [0.5, 0.6) is 0 Å². The molecule has 2 aromatic rings. The lowest BCUT2D eigenvalue weighted by atomic mass is 10.1. The fourth-order valence-corrected chi connectivity index (χ4v) is 1.57. The maximum atomic E-state index is 11.3. The van der Waals surface area contributed by atoms with Gasteiger partial charge in [0.25, 0.3) is 0 Å². The first-order chi connectivity index (χ1) is 7.69. The van der Waals surface area contributed by atoms with Crippen LogP contribution in [0.3, 0.4) is 0 Å². The highest BCUT2D eigenvalue weighted by Gasteiger charge is 2.05. The molecule has 16 heavy (non-hydrogen) atoms. The number of fused-ring (bicyclic) bond motifs is 1. The number of H-pyrrole nitrogens is 2. The van der Waals surface area contributed by atoms with E-state index in [1.54, 1.807) is 25.1 Å². The number of imidazole rings is 1. The minimum Gasteiger partial charge on any atom is -0.466 e. The zero-order valence-corrected chi connectivity index (χ0v) is 8.87. The number of benzene rings is 1. The second-order valence-corrected chi connectivity index (χ2v) is 3.44. The molecule has 0 bridgehead atoms. The molecule has 5 heteroatoms. The van der Waals surface area contributed by atoms with Crippen molar-refractivity contribution in [1.29, 1.82) is 0 Å². The van der Waals surface area contributed by atoms with Gasteiger partial charge in [0.2, 0.25) is 0 Å². The van der Waals surface area contributed by atoms with Gasteiger partial charge in [-0.05, 0) is 24.6 Å². The van der Waals surface area contributed by atoms with E-state index in [9.17, 15) is 9.59 Å². The first-order valence-electron chi connectivity index (χ1n) is 5.05. The van der Waals surface area contributed by atoms with Crippen molar-refractivity contribution in [3.63, 3.8) is 0 Å². The van der Waals surface area contributed by atoms with Gasteiger partial charge in [-0.15, -0.1) is 0 Å². The Bertz CT molecular complexity index is 568. The number of hydrogen-bond acceptors (Lipinski definition) is 3. The summed E-state index contributed by atoms with van der Waals surface area (Å²) in [6.07, 6.45) is 0.219. The molecule has 0 aliphatic rings. The molecule has 84 valence electrons. The van der Waals surface area contributed by atoms with E-state index in [4.69, 9.17) is 4.74 Å². The van der Waals surface area contributed by atoms with Crippen molar-refractivity contribution in [2.45, 2.75) is 13.3 Å². The average Bonchev–Trinajstić information content (AvgIpc) is 2.57. The van der Waals surface area contributed by atoms with E-state index in [0.717, 1.165) is 11.1 Å². The third-order valence-electron chi connectivity index (χ3n) is 2.23. The summed E-state index contributed by atoms with van der Waals surface area (Å²) in [5.74, 6) is -0.264. The molecule has 1 aromatic carbocycles. The zero-order chi connectivity index (χ0) is 11.5. The third kappa shape index (κ3) is 2.13. The third-order valence-corrected chi connectivity index (χ3v) is 2.23. The molecule has 0 spiro atoms. The molecular weight excluding hydrogens is 208 g/mol. The van der Waals surface area contributed by atoms with Crippen molar-refractivity contribution < 1.29 is 9.53 Å². The van der Waals surface area contributed by atoms with Gasteiger partial charge in [0, 0.05) is 0 Å². The molecular formula is C11H12N2O3. The molecule has 0 atom stereocenters. The Morgan fingerprint density at radius 2 is 2.06 bits per heavy atom. The maximum absolute atomic E-state index is 11.3. The average molecular weight is 220 g/mol. The topological polar surface area (TPSA) is 75.0 Å². The Morgan fingerprint density at radius 3 is 2.81 bits per heavy atom. The van der Waals surface area contributed by atoms with Gasteiger partial charge in [-0.2, -0.15) is 0 Å². The number of hydrogen-bond donors (Lipinski definition) is 2. The fourth-order valence-electron chi connectivity index (χ4n) is 1.57. The quantitative estimate of drug-likeness (QED) is 0.756. The van der Waals surface area contributed by atoms with Gasteiger partial charge in [0.05, 0.1) is 24.1 Å². The Kier molecular flexibility index (Phi) is 2.76. The summed E-state index contributed by atoms with van der Waals surface area (Å²) >= 11 is 0. The highest BCUT2D eigenvalue weighted by Crippen LogP contribution is 2.10. The standard InChI is InChI=1S/C11H12N2O3/c1-2-16-10(14)6-7-3-4-8-9(5-7)13-11(15)12-8/h3-5H,2,6H2,1H3,(H2,12,13,15). The number of carbonyl (C=O) groups is 1. The Balaban J connectivity index is 2.25. The molecule has 5 nitrogen and oxygen atoms in total.